The van der Waals surface area contributed by atoms with Gasteiger partial charge in [0.2, 0.25) is 10.0 Å². The lowest BCUT2D eigenvalue weighted by Crippen LogP contribution is -2.44. The Hall–Kier alpha value is -2.66. The Morgan fingerprint density at radius 1 is 1.10 bits per heavy atom. The number of carbonyl (C=O) groups excluding carboxylic acids is 3. The van der Waals surface area contributed by atoms with Crippen LogP contribution in [0.4, 0.5) is 4.79 Å². The zero-order valence-electron chi connectivity index (χ0n) is 18.0. The second-order valence-electron chi connectivity index (χ2n) is 7.44. The number of hydrogen-bond donors (Lipinski definition) is 2. The van der Waals surface area contributed by atoms with Gasteiger partial charge in [0.15, 0.2) is 6.61 Å². The zero-order chi connectivity index (χ0) is 23.0. The third-order valence-electron chi connectivity index (χ3n) is 4.59. The molecule has 1 aliphatic rings. The molecule has 1 aromatic rings. The third-order valence-corrected chi connectivity index (χ3v) is 6.51. The number of benzene rings is 1. The molecular formula is C20H29N3O7S. The Morgan fingerprint density at radius 2 is 1.74 bits per heavy atom. The lowest BCUT2D eigenvalue weighted by molar-refractivity contribution is -0.123. The van der Waals surface area contributed by atoms with Crippen molar-refractivity contribution < 1.29 is 32.3 Å². The summed E-state index contributed by atoms with van der Waals surface area (Å²) in [6.07, 6.45) is 3.46. The molecule has 3 amide bonds. The number of hydrogen-bond acceptors (Lipinski definition) is 7. The number of imide groups is 1. The molecule has 31 heavy (non-hydrogen) atoms. The molecule has 0 spiro atoms. The molecule has 0 aliphatic carbocycles. The number of nitrogens with zero attached hydrogens (tertiary/aromatic N) is 1. The number of rotatable bonds is 7. The van der Waals surface area contributed by atoms with Gasteiger partial charge in [0.1, 0.15) is 10.6 Å². The summed E-state index contributed by atoms with van der Waals surface area (Å²) in [4.78, 5) is 35.5. The average molecular weight is 456 g/mol. The van der Waals surface area contributed by atoms with Gasteiger partial charge in [-0.1, -0.05) is 12.8 Å². The van der Waals surface area contributed by atoms with Crippen molar-refractivity contribution in [2.24, 2.45) is 0 Å². The first-order chi connectivity index (χ1) is 14.6. The minimum atomic E-state index is -3.87. The van der Waals surface area contributed by atoms with Gasteiger partial charge < -0.3 is 14.8 Å². The van der Waals surface area contributed by atoms with Gasteiger partial charge in [-0.05, 0) is 44.9 Å². The fourth-order valence-electron chi connectivity index (χ4n) is 3.10. The van der Waals surface area contributed by atoms with Crippen molar-refractivity contribution in [2.75, 3.05) is 26.8 Å². The summed E-state index contributed by atoms with van der Waals surface area (Å²) in [5.74, 6) is -1.59. The van der Waals surface area contributed by atoms with Crippen LogP contribution in [0.1, 0.15) is 49.9 Å². The molecule has 2 N–H and O–H groups in total. The van der Waals surface area contributed by atoms with Crippen LogP contribution in [0.25, 0.3) is 0 Å². The van der Waals surface area contributed by atoms with Crippen molar-refractivity contribution in [3.63, 3.8) is 0 Å². The molecule has 1 aromatic carbocycles. The van der Waals surface area contributed by atoms with E-state index in [-0.39, 0.29) is 22.3 Å². The lowest BCUT2D eigenvalue weighted by atomic mass is 10.2. The normalized spacial score (nSPS) is 15.1. The lowest BCUT2D eigenvalue weighted by Gasteiger charge is -2.21. The largest absolute Gasteiger partial charge is 0.495 e. The molecule has 0 bridgehead atoms. The van der Waals surface area contributed by atoms with Crippen LogP contribution in [0.15, 0.2) is 23.1 Å². The molecule has 10 nitrogen and oxygen atoms in total. The van der Waals surface area contributed by atoms with Crippen molar-refractivity contribution in [1.29, 1.82) is 0 Å². The summed E-state index contributed by atoms with van der Waals surface area (Å²) in [6, 6.07) is 3.04. The number of ether oxygens (including phenoxy) is 2. The van der Waals surface area contributed by atoms with Crippen molar-refractivity contribution in [3.05, 3.63) is 23.8 Å². The van der Waals surface area contributed by atoms with Crippen LogP contribution in [-0.4, -0.2) is 63.5 Å². The molecule has 172 valence electrons. The monoisotopic (exact) mass is 455 g/mol. The van der Waals surface area contributed by atoms with E-state index < -0.39 is 34.5 Å². The van der Waals surface area contributed by atoms with E-state index in [1.165, 1.54) is 29.6 Å². The number of carbonyl (C=O) groups is 3. The quantitative estimate of drug-likeness (QED) is 0.598. The van der Waals surface area contributed by atoms with Gasteiger partial charge in [0.25, 0.3) is 5.91 Å². The smallest absolute Gasteiger partial charge is 0.338 e. The van der Waals surface area contributed by atoms with Crippen molar-refractivity contribution in [1.82, 2.24) is 14.9 Å². The topological polar surface area (TPSA) is 131 Å². The Bertz CT molecular complexity index is 907. The summed E-state index contributed by atoms with van der Waals surface area (Å²) in [6.45, 7) is 3.57. The maximum absolute atomic E-state index is 13.2. The molecule has 1 fully saturated rings. The first-order valence-electron chi connectivity index (χ1n) is 10.1. The number of nitrogens with one attached hydrogen (secondary N) is 2. The average Bonchev–Trinajstić information content (AvgIpc) is 3.01. The molecule has 0 aromatic heterocycles. The van der Waals surface area contributed by atoms with Crippen LogP contribution < -0.4 is 15.4 Å². The summed E-state index contributed by atoms with van der Waals surface area (Å²) < 4.78 is 37.8. The molecule has 1 heterocycles. The molecule has 0 atom stereocenters. The molecule has 1 saturated heterocycles. The van der Waals surface area contributed by atoms with E-state index in [4.69, 9.17) is 9.47 Å². The fraction of sp³-hybridized carbons (Fsp3) is 0.550. The van der Waals surface area contributed by atoms with E-state index in [0.29, 0.717) is 13.1 Å². The van der Waals surface area contributed by atoms with E-state index in [0.717, 1.165) is 25.7 Å². The SMILES string of the molecule is COc1ccc(C(=O)OCC(=O)NC(=O)NC(C)C)cc1S(=O)(=O)N1CCCCCC1. The van der Waals surface area contributed by atoms with Crippen molar-refractivity contribution in [3.8, 4) is 5.75 Å². The van der Waals surface area contributed by atoms with Gasteiger partial charge in [-0.25, -0.2) is 18.0 Å². The van der Waals surface area contributed by atoms with E-state index in [1.807, 2.05) is 5.32 Å². The predicted octanol–water partition coefficient (Wildman–Crippen LogP) is 1.65. The predicted molar refractivity (Wildman–Crippen MR) is 112 cm³/mol. The maximum Gasteiger partial charge on any atom is 0.338 e. The molecular weight excluding hydrogens is 426 g/mol. The number of sulfonamides is 1. The summed E-state index contributed by atoms with van der Waals surface area (Å²) >= 11 is 0. The number of methoxy groups -OCH3 is 1. The van der Waals surface area contributed by atoms with Crippen LogP contribution >= 0.6 is 0 Å². The third kappa shape index (κ3) is 6.93. The highest BCUT2D eigenvalue weighted by atomic mass is 32.2. The Morgan fingerprint density at radius 3 is 2.32 bits per heavy atom. The van der Waals surface area contributed by atoms with Gasteiger partial charge in [-0.3, -0.25) is 10.1 Å². The number of amides is 3. The first-order valence-corrected chi connectivity index (χ1v) is 11.5. The highest BCUT2D eigenvalue weighted by Gasteiger charge is 2.29. The van der Waals surface area contributed by atoms with Crippen molar-refractivity contribution >= 4 is 27.9 Å². The van der Waals surface area contributed by atoms with Crippen LogP contribution in [0.2, 0.25) is 0 Å². The zero-order valence-corrected chi connectivity index (χ0v) is 18.8. The minimum absolute atomic E-state index is 0.0476. The summed E-state index contributed by atoms with van der Waals surface area (Å²) in [5.41, 5.74) is -0.0476. The number of esters is 1. The van der Waals surface area contributed by atoms with Gasteiger partial charge in [0, 0.05) is 19.1 Å². The second-order valence-corrected chi connectivity index (χ2v) is 9.34. The van der Waals surface area contributed by atoms with Gasteiger partial charge in [-0.15, -0.1) is 0 Å². The second kappa shape index (κ2) is 11.1. The molecule has 11 heteroatoms. The summed E-state index contributed by atoms with van der Waals surface area (Å²) in [5, 5.41) is 4.50. The Labute approximate surface area is 182 Å². The molecule has 0 radical (unpaired) electrons. The molecule has 0 saturated carbocycles. The minimum Gasteiger partial charge on any atom is -0.495 e. The van der Waals surface area contributed by atoms with Crippen LogP contribution in [0.5, 0.6) is 5.75 Å². The highest BCUT2D eigenvalue weighted by molar-refractivity contribution is 7.89. The molecule has 2 rings (SSSR count). The summed E-state index contributed by atoms with van der Waals surface area (Å²) in [7, 11) is -2.53. The van der Waals surface area contributed by atoms with Gasteiger partial charge in [0.05, 0.1) is 12.7 Å². The first kappa shape index (κ1) is 24.6. The maximum atomic E-state index is 13.2. The molecule has 0 unspecified atom stereocenters. The van der Waals surface area contributed by atoms with Crippen LogP contribution in [0, 0.1) is 0 Å². The van der Waals surface area contributed by atoms with Crippen LogP contribution in [0.3, 0.4) is 0 Å². The Kier molecular flexibility index (Phi) is 8.81. The van der Waals surface area contributed by atoms with Crippen LogP contribution in [-0.2, 0) is 19.6 Å². The van der Waals surface area contributed by atoms with E-state index in [9.17, 15) is 22.8 Å². The fourth-order valence-corrected chi connectivity index (χ4v) is 4.80. The highest BCUT2D eigenvalue weighted by Crippen LogP contribution is 2.29. The van der Waals surface area contributed by atoms with Gasteiger partial charge in [-0.2, -0.15) is 4.31 Å². The van der Waals surface area contributed by atoms with Crippen molar-refractivity contribution in [2.45, 2.75) is 50.5 Å². The molecule has 1 aliphatic heterocycles. The Balaban J connectivity index is 2.13. The van der Waals surface area contributed by atoms with E-state index in [2.05, 4.69) is 5.32 Å². The number of urea groups is 1. The van der Waals surface area contributed by atoms with Gasteiger partial charge >= 0.3 is 12.0 Å². The standard InChI is InChI=1S/C20H29N3O7S/c1-14(2)21-20(26)22-18(24)13-30-19(25)15-8-9-16(29-3)17(12-15)31(27,28)23-10-6-4-5-7-11-23/h8-9,12,14H,4-7,10-11,13H2,1-3H3,(H2,21,22,24,26). The van der Waals surface area contributed by atoms with E-state index >= 15 is 0 Å². The van der Waals surface area contributed by atoms with E-state index in [1.54, 1.807) is 13.8 Å².